The molecule has 0 radical (unpaired) electrons. The Morgan fingerprint density at radius 3 is 1.85 bits per heavy atom. The van der Waals surface area contributed by atoms with Gasteiger partial charge in [-0.15, -0.1) is 0 Å². The lowest BCUT2D eigenvalue weighted by Gasteiger charge is -2.10. The predicted octanol–water partition coefficient (Wildman–Crippen LogP) is 9.18. The molecule has 0 N–H and O–H groups in total. The molecule has 0 saturated heterocycles. The zero-order chi connectivity index (χ0) is 25.5. The highest BCUT2D eigenvalue weighted by Gasteiger charge is 2.27. The number of rotatable bonds is 2. The Balaban J connectivity index is 1.69. The van der Waals surface area contributed by atoms with Gasteiger partial charge in [-0.05, 0) is 42.5 Å². The Morgan fingerprint density at radius 2 is 1.10 bits per heavy atom. The fourth-order valence-corrected chi connectivity index (χ4v) is 6.45. The number of para-hydroxylation sites is 4. The molecule has 0 spiro atoms. The summed E-state index contributed by atoms with van der Waals surface area (Å²) in [6.45, 7) is 0. The predicted molar refractivity (Wildman–Crippen MR) is 160 cm³/mol. The van der Waals surface area contributed by atoms with E-state index in [1.807, 2.05) is 24.4 Å². The monoisotopic (exact) mass is 499 g/mol. The van der Waals surface area contributed by atoms with Crippen LogP contribution in [0.4, 0.5) is 0 Å². The van der Waals surface area contributed by atoms with E-state index < -0.39 is 0 Å². The Kier molecular flexibility index (Phi) is 4.02. The van der Waals surface area contributed by atoms with E-state index in [0.717, 1.165) is 55.5 Å². The third kappa shape index (κ3) is 2.65. The first kappa shape index (κ1) is 20.7. The van der Waals surface area contributed by atoms with E-state index in [1.165, 1.54) is 21.5 Å². The van der Waals surface area contributed by atoms with Crippen molar-refractivity contribution in [2.24, 2.45) is 0 Å². The van der Waals surface area contributed by atoms with Crippen molar-refractivity contribution in [3.63, 3.8) is 0 Å². The van der Waals surface area contributed by atoms with Gasteiger partial charge in [-0.3, -0.25) is 4.57 Å². The summed E-state index contributed by atoms with van der Waals surface area (Å²) in [7, 11) is 0. The van der Waals surface area contributed by atoms with Gasteiger partial charge in [-0.2, -0.15) is 0 Å². The van der Waals surface area contributed by atoms with Gasteiger partial charge in [0.25, 0.3) is 0 Å². The SMILES string of the molecule is c1ccc(-n2c3ccccc3c3c4c5ccccc5n(-c5ccccn5)c4c4c5ccccc5oc4c32)cc1. The first-order chi connectivity index (χ1) is 19.4. The number of hydrogen-bond acceptors (Lipinski definition) is 2. The molecular weight excluding hydrogens is 478 g/mol. The molecule has 0 aliphatic heterocycles. The van der Waals surface area contributed by atoms with Gasteiger partial charge < -0.3 is 8.98 Å². The Bertz CT molecular complexity index is 2370. The van der Waals surface area contributed by atoms with E-state index in [9.17, 15) is 0 Å². The first-order valence-corrected chi connectivity index (χ1v) is 13.2. The molecule has 4 aromatic heterocycles. The molecule has 9 rings (SSSR count). The quantitative estimate of drug-likeness (QED) is 0.238. The molecule has 5 aromatic carbocycles. The van der Waals surface area contributed by atoms with Crippen molar-refractivity contribution in [3.05, 3.63) is 128 Å². The average Bonchev–Trinajstić information content (AvgIpc) is 3.66. The number of furan rings is 1. The zero-order valence-electron chi connectivity index (χ0n) is 20.9. The van der Waals surface area contributed by atoms with E-state index in [4.69, 9.17) is 9.40 Å². The Morgan fingerprint density at radius 1 is 0.487 bits per heavy atom. The van der Waals surface area contributed by atoms with Crippen molar-refractivity contribution < 1.29 is 4.42 Å². The summed E-state index contributed by atoms with van der Waals surface area (Å²) in [4.78, 5) is 4.82. The number of aromatic nitrogens is 3. The highest BCUT2D eigenvalue weighted by Crippen LogP contribution is 2.49. The van der Waals surface area contributed by atoms with Crippen LogP contribution in [0.5, 0.6) is 0 Å². The minimum Gasteiger partial charge on any atom is -0.454 e. The summed E-state index contributed by atoms with van der Waals surface area (Å²) in [5.74, 6) is 0.890. The third-order valence-electron chi connectivity index (χ3n) is 7.94. The molecule has 39 heavy (non-hydrogen) atoms. The summed E-state index contributed by atoms with van der Waals surface area (Å²) >= 11 is 0. The van der Waals surface area contributed by atoms with Gasteiger partial charge in [-0.1, -0.05) is 78.9 Å². The van der Waals surface area contributed by atoms with Crippen molar-refractivity contribution in [1.29, 1.82) is 0 Å². The lowest BCUT2D eigenvalue weighted by Crippen LogP contribution is -1.97. The number of fused-ring (bicyclic) bond motifs is 12. The normalized spacial score (nSPS) is 12.1. The standard InChI is InChI=1S/C35H21N3O/c1-2-12-22(13-3-1)37-26-17-7-4-14-23(26)31-30-24-15-5-8-18-27(24)38(29-20-10-11-21-36-29)33(30)32-25-16-6-9-19-28(25)39-35(32)34(31)37/h1-21H. The van der Waals surface area contributed by atoms with Crippen LogP contribution < -0.4 is 0 Å². The van der Waals surface area contributed by atoms with Crippen molar-refractivity contribution in [3.8, 4) is 11.5 Å². The maximum atomic E-state index is 6.80. The van der Waals surface area contributed by atoms with Crippen LogP contribution in [0.1, 0.15) is 0 Å². The molecule has 0 aliphatic carbocycles. The summed E-state index contributed by atoms with van der Waals surface area (Å²) in [5, 5.41) is 7.02. The largest absolute Gasteiger partial charge is 0.454 e. The maximum absolute atomic E-state index is 6.80. The highest BCUT2D eigenvalue weighted by molar-refractivity contribution is 6.39. The van der Waals surface area contributed by atoms with E-state index in [1.54, 1.807) is 0 Å². The minimum absolute atomic E-state index is 0.879. The minimum atomic E-state index is 0.879. The van der Waals surface area contributed by atoms with Crippen molar-refractivity contribution in [2.45, 2.75) is 0 Å². The zero-order valence-corrected chi connectivity index (χ0v) is 20.9. The highest BCUT2D eigenvalue weighted by atomic mass is 16.3. The Hall–Kier alpha value is -5.35. The molecule has 0 bridgehead atoms. The molecule has 0 saturated carbocycles. The average molecular weight is 500 g/mol. The molecule has 4 heteroatoms. The van der Waals surface area contributed by atoms with Gasteiger partial charge >= 0.3 is 0 Å². The van der Waals surface area contributed by atoms with Gasteiger partial charge in [0.2, 0.25) is 0 Å². The number of pyridine rings is 1. The maximum Gasteiger partial charge on any atom is 0.162 e. The van der Waals surface area contributed by atoms with E-state index in [-0.39, 0.29) is 0 Å². The number of nitrogens with zero attached hydrogens (tertiary/aromatic N) is 3. The van der Waals surface area contributed by atoms with Crippen molar-refractivity contribution in [1.82, 2.24) is 14.1 Å². The molecule has 0 unspecified atom stereocenters. The summed E-state index contributed by atoms with van der Waals surface area (Å²) in [6.07, 6.45) is 1.86. The molecular formula is C35H21N3O. The van der Waals surface area contributed by atoms with Crippen LogP contribution >= 0.6 is 0 Å². The third-order valence-corrected chi connectivity index (χ3v) is 7.94. The molecule has 0 amide bonds. The molecule has 182 valence electrons. The summed E-state index contributed by atoms with van der Waals surface area (Å²) < 4.78 is 11.5. The molecule has 4 heterocycles. The van der Waals surface area contributed by atoms with Crippen LogP contribution in [-0.4, -0.2) is 14.1 Å². The number of benzene rings is 5. The topological polar surface area (TPSA) is 35.9 Å². The summed E-state index contributed by atoms with van der Waals surface area (Å²) in [6, 6.07) is 42.4. The van der Waals surface area contributed by atoms with Gasteiger partial charge in [0.05, 0.1) is 27.5 Å². The molecule has 4 nitrogen and oxygen atoms in total. The number of hydrogen-bond donors (Lipinski definition) is 0. The fourth-order valence-electron chi connectivity index (χ4n) is 6.45. The van der Waals surface area contributed by atoms with E-state index in [2.05, 4.69) is 112 Å². The molecule has 0 atom stereocenters. The molecule has 0 aliphatic rings. The Labute approximate surface area is 222 Å². The van der Waals surface area contributed by atoms with Crippen LogP contribution in [-0.2, 0) is 0 Å². The van der Waals surface area contributed by atoms with E-state index in [0.29, 0.717) is 0 Å². The fraction of sp³-hybridized carbons (Fsp3) is 0. The van der Waals surface area contributed by atoms with E-state index >= 15 is 0 Å². The lowest BCUT2D eigenvalue weighted by molar-refractivity contribution is 0.671. The second kappa shape index (κ2) is 7.59. The summed E-state index contributed by atoms with van der Waals surface area (Å²) in [5.41, 5.74) is 7.37. The molecule has 9 aromatic rings. The van der Waals surface area contributed by atoms with Crippen LogP contribution in [0.2, 0.25) is 0 Å². The van der Waals surface area contributed by atoms with Gasteiger partial charge in [0.15, 0.2) is 5.58 Å². The second-order valence-electron chi connectivity index (χ2n) is 9.98. The van der Waals surface area contributed by atoms with Gasteiger partial charge in [-0.25, -0.2) is 4.98 Å². The second-order valence-corrected chi connectivity index (χ2v) is 9.98. The molecule has 0 fully saturated rings. The van der Waals surface area contributed by atoms with Crippen molar-refractivity contribution in [2.75, 3.05) is 0 Å². The first-order valence-electron chi connectivity index (χ1n) is 13.2. The van der Waals surface area contributed by atoms with Crippen LogP contribution in [0.15, 0.2) is 132 Å². The van der Waals surface area contributed by atoms with Gasteiger partial charge in [0.1, 0.15) is 11.4 Å². The van der Waals surface area contributed by atoms with Crippen molar-refractivity contribution >= 4 is 65.6 Å². The van der Waals surface area contributed by atoms with Crippen LogP contribution in [0, 0.1) is 0 Å². The smallest absolute Gasteiger partial charge is 0.162 e. The lowest BCUT2D eigenvalue weighted by atomic mass is 10.0. The van der Waals surface area contributed by atoms with Gasteiger partial charge in [0, 0.05) is 38.8 Å². The van der Waals surface area contributed by atoms with Crippen LogP contribution in [0.25, 0.3) is 77.1 Å². The van der Waals surface area contributed by atoms with Crippen LogP contribution in [0.3, 0.4) is 0 Å².